The maximum Gasteiger partial charge on any atom is 0.235 e. The van der Waals surface area contributed by atoms with Gasteiger partial charge in [-0.05, 0) is 12.8 Å². The van der Waals surface area contributed by atoms with Crippen LogP contribution in [0.2, 0.25) is 0 Å². The van der Waals surface area contributed by atoms with Crippen LogP contribution in [-0.2, 0) is 9.59 Å². The molecule has 0 aromatic heterocycles. The van der Waals surface area contributed by atoms with E-state index < -0.39 is 5.41 Å². The maximum absolute atomic E-state index is 12.0. The molecule has 2 amide bonds. The zero-order chi connectivity index (χ0) is 11.6. The first kappa shape index (κ1) is 11.8. The highest BCUT2D eigenvalue weighted by Crippen LogP contribution is 2.39. The second-order valence-electron chi connectivity index (χ2n) is 4.55. The van der Waals surface area contributed by atoms with Gasteiger partial charge >= 0.3 is 0 Å². The van der Waals surface area contributed by atoms with E-state index in [2.05, 4.69) is 5.92 Å². The Morgan fingerprint density at radius 3 is 2.53 bits per heavy atom. The molecule has 3 nitrogen and oxygen atoms in total. The van der Waals surface area contributed by atoms with E-state index in [1.165, 1.54) is 4.90 Å². The smallest absolute Gasteiger partial charge is 0.235 e. The number of hydrogen-bond donors (Lipinski definition) is 0. The van der Waals surface area contributed by atoms with Crippen molar-refractivity contribution in [3.05, 3.63) is 0 Å². The van der Waals surface area contributed by atoms with Gasteiger partial charge in [-0.15, -0.1) is 12.3 Å². The molecule has 0 aliphatic carbocycles. The van der Waals surface area contributed by atoms with Crippen LogP contribution in [-0.4, -0.2) is 23.3 Å². The predicted octanol–water partition coefficient (Wildman–Crippen LogP) is 1.43. The quantitative estimate of drug-likeness (QED) is 0.518. The van der Waals surface area contributed by atoms with Crippen LogP contribution in [0.5, 0.6) is 0 Å². The lowest BCUT2D eigenvalue weighted by atomic mass is 9.78. The zero-order valence-electron chi connectivity index (χ0n) is 9.54. The van der Waals surface area contributed by atoms with Crippen molar-refractivity contribution in [2.75, 3.05) is 6.54 Å². The van der Waals surface area contributed by atoms with E-state index in [-0.39, 0.29) is 17.7 Å². The van der Waals surface area contributed by atoms with Crippen LogP contribution in [0.25, 0.3) is 0 Å². The lowest BCUT2D eigenvalue weighted by Crippen LogP contribution is -2.37. The molecule has 1 fully saturated rings. The minimum atomic E-state index is -0.536. The molecule has 1 atom stereocenters. The normalized spacial score (nSPS) is 26.2. The third-order valence-electron chi connectivity index (χ3n) is 3.31. The monoisotopic (exact) mass is 207 g/mol. The molecule has 15 heavy (non-hydrogen) atoms. The Bertz CT molecular complexity index is 327. The van der Waals surface area contributed by atoms with Gasteiger partial charge < -0.3 is 0 Å². The standard InChI is InChI=1S/C12H17NO2/c1-5-6-7-13-10(14)8-12(4,9(2)3)11(13)15/h1,9H,6-8H2,2-4H3. The Kier molecular flexibility index (Phi) is 3.18. The van der Waals surface area contributed by atoms with Crippen molar-refractivity contribution in [1.29, 1.82) is 0 Å². The number of nitrogens with zero attached hydrogens (tertiary/aromatic N) is 1. The fourth-order valence-corrected chi connectivity index (χ4v) is 1.76. The molecular formula is C12H17NO2. The fraction of sp³-hybridized carbons (Fsp3) is 0.667. The van der Waals surface area contributed by atoms with E-state index >= 15 is 0 Å². The Balaban J connectivity index is 2.84. The number of terminal acetylenes is 1. The van der Waals surface area contributed by atoms with E-state index in [0.29, 0.717) is 19.4 Å². The maximum atomic E-state index is 12.0. The lowest BCUT2D eigenvalue weighted by Gasteiger charge is -2.25. The molecule has 0 N–H and O–H groups in total. The summed E-state index contributed by atoms with van der Waals surface area (Å²) in [4.78, 5) is 25.0. The zero-order valence-corrected chi connectivity index (χ0v) is 9.54. The topological polar surface area (TPSA) is 37.4 Å². The molecule has 1 rings (SSSR count). The van der Waals surface area contributed by atoms with Crippen molar-refractivity contribution in [2.24, 2.45) is 11.3 Å². The second-order valence-corrected chi connectivity index (χ2v) is 4.55. The summed E-state index contributed by atoms with van der Waals surface area (Å²) < 4.78 is 0. The molecule has 0 aromatic carbocycles. The van der Waals surface area contributed by atoms with Gasteiger partial charge in [-0.1, -0.05) is 13.8 Å². The Labute approximate surface area is 90.8 Å². The van der Waals surface area contributed by atoms with Gasteiger partial charge in [-0.2, -0.15) is 0 Å². The predicted molar refractivity (Wildman–Crippen MR) is 57.7 cm³/mol. The number of imide groups is 1. The van der Waals surface area contributed by atoms with Crippen LogP contribution < -0.4 is 0 Å². The average molecular weight is 207 g/mol. The second kappa shape index (κ2) is 4.06. The molecule has 0 spiro atoms. The summed E-state index contributed by atoms with van der Waals surface area (Å²) in [6.45, 7) is 6.15. The van der Waals surface area contributed by atoms with Gasteiger partial charge in [-0.25, -0.2) is 0 Å². The molecule has 0 bridgehead atoms. The van der Waals surface area contributed by atoms with Crippen molar-refractivity contribution >= 4 is 11.8 Å². The third kappa shape index (κ3) is 1.90. The minimum Gasteiger partial charge on any atom is -0.281 e. The van der Waals surface area contributed by atoms with Crippen LogP contribution in [0.1, 0.15) is 33.6 Å². The Morgan fingerprint density at radius 1 is 1.53 bits per heavy atom. The van der Waals surface area contributed by atoms with Crippen molar-refractivity contribution in [1.82, 2.24) is 4.90 Å². The van der Waals surface area contributed by atoms with E-state index in [4.69, 9.17) is 6.42 Å². The van der Waals surface area contributed by atoms with Gasteiger partial charge in [0.2, 0.25) is 11.8 Å². The van der Waals surface area contributed by atoms with Crippen LogP contribution in [0, 0.1) is 23.7 Å². The number of hydrogen-bond acceptors (Lipinski definition) is 2. The SMILES string of the molecule is C#CCCN1C(=O)CC(C)(C(C)C)C1=O. The van der Waals surface area contributed by atoms with Crippen molar-refractivity contribution in [2.45, 2.75) is 33.6 Å². The molecule has 1 aliphatic heterocycles. The molecule has 0 aromatic rings. The molecule has 1 unspecified atom stereocenters. The van der Waals surface area contributed by atoms with Crippen LogP contribution in [0.15, 0.2) is 0 Å². The summed E-state index contributed by atoms with van der Waals surface area (Å²) in [6, 6.07) is 0. The molecule has 1 heterocycles. The third-order valence-corrected chi connectivity index (χ3v) is 3.31. The molecular weight excluding hydrogens is 190 g/mol. The van der Waals surface area contributed by atoms with Crippen molar-refractivity contribution in [3.8, 4) is 12.3 Å². The van der Waals surface area contributed by atoms with E-state index in [9.17, 15) is 9.59 Å². The van der Waals surface area contributed by atoms with E-state index in [0.717, 1.165) is 0 Å². The van der Waals surface area contributed by atoms with Crippen molar-refractivity contribution in [3.63, 3.8) is 0 Å². The van der Waals surface area contributed by atoms with Gasteiger partial charge in [0.05, 0.1) is 5.41 Å². The summed E-state index contributed by atoms with van der Waals surface area (Å²) >= 11 is 0. The highest BCUT2D eigenvalue weighted by atomic mass is 16.2. The largest absolute Gasteiger partial charge is 0.281 e. The summed E-state index contributed by atoms with van der Waals surface area (Å²) in [6.07, 6.45) is 5.88. The van der Waals surface area contributed by atoms with Crippen LogP contribution >= 0.6 is 0 Å². The van der Waals surface area contributed by atoms with Gasteiger partial charge in [0.25, 0.3) is 0 Å². The highest BCUT2D eigenvalue weighted by molar-refractivity contribution is 6.05. The first-order valence-corrected chi connectivity index (χ1v) is 5.21. The van der Waals surface area contributed by atoms with Gasteiger partial charge in [-0.3, -0.25) is 14.5 Å². The Hall–Kier alpha value is -1.30. The van der Waals surface area contributed by atoms with Gasteiger partial charge in [0, 0.05) is 19.4 Å². The molecule has 0 radical (unpaired) electrons. The molecule has 3 heteroatoms. The summed E-state index contributed by atoms with van der Waals surface area (Å²) in [5, 5.41) is 0. The first-order chi connectivity index (χ1) is 6.93. The van der Waals surface area contributed by atoms with E-state index in [1.807, 2.05) is 20.8 Å². The van der Waals surface area contributed by atoms with Gasteiger partial charge in [0.15, 0.2) is 0 Å². The number of amides is 2. The number of carbonyl (C=O) groups is 2. The minimum absolute atomic E-state index is 0.0715. The summed E-state index contributed by atoms with van der Waals surface area (Å²) in [5.41, 5.74) is -0.536. The van der Waals surface area contributed by atoms with Crippen molar-refractivity contribution < 1.29 is 9.59 Å². The van der Waals surface area contributed by atoms with E-state index in [1.54, 1.807) is 0 Å². The van der Waals surface area contributed by atoms with Crippen LogP contribution in [0.3, 0.4) is 0 Å². The molecule has 1 aliphatic rings. The Morgan fingerprint density at radius 2 is 2.13 bits per heavy atom. The fourth-order valence-electron chi connectivity index (χ4n) is 1.76. The lowest BCUT2D eigenvalue weighted by molar-refractivity contribution is -0.141. The molecule has 82 valence electrons. The first-order valence-electron chi connectivity index (χ1n) is 5.21. The highest BCUT2D eigenvalue weighted by Gasteiger charge is 2.49. The molecule has 0 saturated carbocycles. The number of carbonyl (C=O) groups excluding carboxylic acids is 2. The van der Waals surface area contributed by atoms with Gasteiger partial charge in [0.1, 0.15) is 0 Å². The number of likely N-dealkylation sites (tertiary alicyclic amines) is 1. The summed E-state index contributed by atoms with van der Waals surface area (Å²) in [5.74, 6) is 2.45. The van der Waals surface area contributed by atoms with Crippen LogP contribution in [0.4, 0.5) is 0 Å². The molecule has 1 saturated heterocycles. The summed E-state index contributed by atoms with van der Waals surface area (Å²) in [7, 11) is 0. The average Bonchev–Trinajstić information content (AvgIpc) is 2.37. The number of rotatable bonds is 3.